The van der Waals surface area contributed by atoms with Crippen LogP contribution in [0.1, 0.15) is 272 Å². The van der Waals surface area contributed by atoms with Crippen molar-refractivity contribution in [3.63, 3.8) is 0 Å². The number of hydrogen-bond donors (Lipinski definition) is 0. The minimum atomic E-state index is -0.186. The molecule has 4 heterocycles. The highest BCUT2D eigenvalue weighted by atomic mass is 33.1. The van der Waals surface area contributed by atoms with Gasteiger partial charge in [-0.3, -0.25) is 9.59 Å². The third-order valence-electron chi connectivity index (χ3n) is 19.0. The first-order chi connectivity index (χ1) is 49.5. The molecule has 4 aromatic carbocycles. The largest absolute Gasteiger partial charge is 0.491 e. The number of thioether (sulfide) groups is 2. The van der Waals surface area contributed by atoms with Crippen LogP contribution in [0.5, 0.6) is 23.0 Å². The summed E-state index contributed by atoms with van der Waals surface area (Å²) in [4.78, 5) is 33.5. The van der Waals surface area contributed by atoms with Gasteiger partial charge in [-0.15, -0.1) is 0 Å². The summed E-state index contributed by atoms with van der Waals surface area (Å²) in [5.74, 6) is 9.54. The Morgan fingerprint density at radius 2 is 0.650 bits per heavy atom. The first kappa shape index (κ1) is 87.1. The molecule has 9 nitrogen and oxygen atoms in total. The SMILES string of the molecule is CC(C)(C)c1cc2c(OCCCCCCCCCCOC(=O)CCCCC3CCSS3)c(c1)Sc1cc(C(C)(C)C)cc3c1OCCSCCOCCSCCOc1c(cc(C(C)(C)C)cc1Sc1cc(C(C)(C)C)cc(c1OCCCCCCCCCCOC(=O)CCCCC1CCSS1)S3)S2. The smallest absolute Gasteiger partial charge is 0.305 e. The maximum absolute atomic E-state index is 12.4. The van der Waals surface area contributed by atoms with Gasteiger partial charge in [0.05, 0.1) is 92.0 Å². The molecule has 2 unspecified atom stereocenters. The molecular weight excluding hydrogens is 1470 g/mol. The molecule has 10 bridgehead atoms. The molecule has 8 rings (SSSR count). The normalized spacial score (nSPS) is 17.4. The van der Waals surface area contributed by atoms with Crippen LogP contribution in [0.3, 0.4) is 0 Å². The summed E-state index contributed by atoms with van der Waals surface area (Å²) in [6, 6.07) is 19.3. The molecule has 103 heavy (non-hydrogen) atoms. The molecule has 4 aliphatic rings. The lowest BCUT2D eigenvalue weighted by Crippen LogP contribution is -2.14. The highest BCUT2D eigenvalue weighted by Crippen LogP contribution is 2.57. The van der Waals surface area contributed by atoms with E-state index in [1.165, 1.54) is 85.1 Å². The average molecular weight is 1600 g/mol. The van der Waals surface area contributed by atoms with Crippen LogP contribution in [-0.4, -0.2) is 110 Å². The van der Waals surface area contributed by atoms with E-state index in [1.807, 2.05) is 66.7 Å². The van der Waals surface area contributed by atoms with Gasteiger partial charge < -0.3 is 33.2 Å². The van der Waals surface area contributed by atoms with E-state index in [9.17, 15) is 9.59 Å². The van der Waals surface area contributed by atoms with E-state index >= 15 is 0 Å². The molecule has 576 valence electrons. The van der Waals surface area contributed by atoms with Crippen molar-refractivity contribution in [3.05, 3.63) is 70.8 Å². The second-order valence-electron chi connectivity index (χ2n) is 32.1. The van der Waals surface area contributed by atoms with Gasteiger partial charge in [0.15, 0.2) is 0 Å². The van der Waals surface area contributed by atoms with E-state index in [2.05, 4.69) is 132 Å². The second kappa shape index (κ2) is 45.7. The first-order valence-corrected chi connectivity index (χ1v) is 49.4. The Kier molecular flexibility index (Phi) is 38.6. The number of benzene rings is 4. The van der Waals surface area contributed by atoms with Crippen molar-refractivity contribution in [1.29, 1.82) is 0 Å². The summed E-state index contributed by atoms with van der Waals surface area (Å²) in [6.07, 6.45) is 27.8. The van der Waals surface area contributed by atoms with Crippen molar-refractivity contribution in [1.82, 2.24) is 0 Å². The molecule has 0 radical (unpaired) electrons. The fourth-order valence-electron chi connectivity index (χ4n) is 12.4. The Hall–Kier alpha value is -1.52. The minimum absolute atomic E-state index is 0.0288. The molecular formula is C84H126O9S10. The Morgan fingerprint density at radius 1 is 0.359 bits per heavy atom. The summed E-state index contributed by atoms with van der Waals surface area (Å²) >= 11 is 11.0. The quantitative estimate of drug-likeness (QED) is 0.0222. The van der Waals surface area contributed by atoms with E-state index in [4.69, 9.17) is 33.2 Å². The van der Waals surface area contributed by atoms with E-state index in [1.54, 1.807) is 47.0 Å². The Balaban J connectivity index is 1.07. The van der Waals surface area contributed by atoms with Crippen LogP contribution < -0.4 is 18.9 Å². The fourth-order valence-corrected chi connectivity index (χ4v) is 24.6. The van der Waals surface area contributed by atoms with Gasteiger partial charge in [-0.05, 0) is 157 Å². The number of fused-ring (bicyclic) bond motifs is 2. The minimum Gasteiger partial charge on any atom is -0.491 e. The molecule has 2 fully saturated rings. The summed E-state index contributed by atoms with van der Waals surface area (Å²) < 4.78 is 46.9. The van der Waals surface area contributed by atoms with Gasteiger partial charge in [0, 0.05) is 57.9 Å². The highest BCUT2D eigenvalue weighted by molar-refractivity contribution is 8.77. The molecule has 0 spiro atoms. The molecule has 0 aromatic heterocycles. The van der Waals surface area contributed by atoms with Crippen molar-refractivity contribution in [3.8, 4) is 23.0 Å². The molecule has 0 N–H and O–H groups in total. The molecule has 4 aliphatic heterocycles. The zero-order valence-electron chi connectivity index (χ0n) is 64.8. The van der Waals surface area contributed by atoms with Gasteiger partial charge in [-0.25, -0.2) is 0 Å². The van der Waals surface area contributed by atoms with Crippen LogP contribution in [0.2, 0.25) is 0 Å². The Morgan fingerprint density at radius 3 is 0.951 bits per heavy atom. The Labute approximate surface area is 665 Å². The summed E-state index contributed by atoms with van der Waals surface area (Å²) in [5, 5.41) is 1.54. The highest BCUT2D eigenvalue weighted by Gasteiger charge is 2.32. The van der Waals surface area contributed by atoms with Crippen molar-refractivity contribution in [2.24, 2.45) is 0 Å². The summed E-state index contributed by atoms with van der Waals surface area (Å²) in [6.45, 7) is 32.8. The number of carbonyl (C=O) groups excluding carboxylic acids is 2. The number of carbonyl (C=O) groups is 2. The van der Waals surface area contributed by atoms with Crippen LogP contribution in [-0.2, 0) is 45.5 Å². The van der Waals surface area contributed by atoms with Crippen molar-refractivity contribution in [2.45, 2.75) is 321 Å². The van der Waals surface area contributed by atoms with E-state index < -0.39 is 0 Å². The lowest BCUT2D eigenvalue weighted by Gasteiger charge is -2.28. The lowest BCUT2D eigenvalue weighted by molar-refractivity contribution is -0.144. The predicted molar refractivity (Wildman–Crippen MR) is 454 cm³/mol. The van der Waals surface area contributed by atoms with Crippen molar-refractivity contribution in [2.75, 3.05) is 87.4 Å². The van der Waals surface area contributed by atoms with Crippen LogP contribution in [0.4, 0.5) is 0 Å². The molecule has 0 saturated carbocycles. The molecule has 19 heteroatoms. The van der Waals surface area contributed by atoms with E-state index in [0.717, 1.165) is 198 Å². The van der Waals surface area contributed by atoms with Gasteiger partial charge in [-0.1, -0.05) is 263 Å². The number of esters is 2. The van der Waals surface area contributed by atoms with Crippen LogP contribution in [0, 0.1) is 0 Å². The van der Waals surface area contributed by atoms with Gasteiger partial charge in [-0.2, -0.15) is 23.5 Å². The standard InChI is InChI=1S/C84H126O9S10/c1-81(2,3)61-53-67-77(90-41-31-23-19-15-13-17-21-29-39-88-75(85)35-27-25-33-65-37-47-96-102-65)68(54-61)99-72-58-64(84(10,11)12)60-74-80(72)93-46-52-95-50-44-87-43-49-94-51-45-92-79-71(98-67)57-63(83(7,8)9)59-73(79)100-69-55-62(82(4,5)6)56-70(101-74)78(69)91-42-32-24-20-16-14-18-22-30-40-89-76(86)36-28-26-34-66-38-48-97-103-66/h53-60,65-66H,13-52H2,1-12H3. The first-order valence-electron chi connectivity index (χ1n) is 39.1. The lowest BCUT2D eigenvalue weighted by atomic mass is 9.87. The molecule has 0 aliphatic carbocycles. The van der Waals surface area contributed by atoms with Gasteiger partial charge in [0.1, 0.15) is 23.0 Å². The van der Waals surface area contributed by atoms with Gasteiger partial charge >= 0.3 is 11.9 Å². The molecule has 2 saturated heterocycles. The van der Waals surface area contributed by atoms with Crippen molar-refractivity contribution < 1.29 is 42.7 Å². The molecule has 4 aromatic rings. The monoisotopic (exact) mass is 1600 g/mol. The van der Waals surface area contributed by atoms with E-state index in [0.29, 0.717) is 65.7 Å². The average Bonchev–Trinajstić information content (AvgIpc) is 0.834. The van der Waals surface area contributed by atoms with Crippen LogP contribution >= 0.6 is 114 Å². The topological polar surface area (TPSA) is 98.8 Å². The van der Waals surface area contributed by atoms with E-state index in [-0.39, 0.29) is 33.6 Å². The summed E-state index contributed by atoms with van der Waals surface area (Å²) in [5.41, 5.74) is 4.25. The molecule has 2 atom stereocenters. The predicted octanol–water partition coefficient (Wildman–Crippen LogP) is 26.6. The zero-order chi connectivity index (χ0) is 73.5. The third-order valence-corrected chi connectivity index (χ3v) is 31.0. The summed E-state index contributed by atoms with van der Waals surface area (Å²) in [7, 11) is 8.03. The number of ether oxygens (including phenoxy) is 7. The number of rotatable bonds is 34. The van der Waals surface area contributed by atoms with Gasteiger partial charge in [0.25, 0.3) is 0 Å². The fraction of sp³-hybridized carbons (Fsp3) is 0.690. The second-order valence-corrected chi connectivity index (χ2v) is 44.5. The maximum atomic E-state index is 12.4. The number of unbranched alkanes of at least 4 members (excludes halogenated alkanes) is 16. The zero-order valence-corrected chi connectivity index (χ0v) is 73.0. The third kappa shape index (κ3) is 31.3. The number of hydrogen-bond acceptors (Lipinski definition) is 19. The molecule has 0 amide bonds. The van der Waals surface area contributed by atoms with Crippen LogP contribution in [0.25, 0.3) is 0 Å². The van der Waals surface area contributed by atoms with Crippen molar-refractivity contribution >= 4 is 126 Å². The van der Waals surface area contributed by atoms with Crippen LogP contribution in [0.15, 0.2) is 87.7 Å². The Bertz CT molecular complexity index is 2890. The van der Waals surface area contributed by atoms with Gasteiger partial charge in [0.2, 0.25) is 0 Å². The maximum Gasteiger partial charge on any atom is 0.305 e.